The van der Waals surface area contributed by atoms with Crippen LogP contribution in [0, 0.1) is 5.82 Å². The van der Waals surface area contributed by atoms with Crippen molar-refractivity contribution in [2.24, 2.45) is 0 Å². The first-order chi connectivity index (χ1) is 15.4. The maximum atomic E-state index is 14.1. The Bertz CT molecular complexity index is 1240. The standard InChI is InChI=1S/C24H16BrFN2O4/c25-19-6-2-1-5-16(19)14-32-17-11-9-15(10-12-17)13-18-22(29)27-24(31)28(23(18)30)21-8-4-3-7-20(21)26/h1-13H,14H2,(H,27,29,31)/b18-13-. The highest BCUT2D eigenvalue weighted by Crippen LogP contribution is 2.25. The van der Waals surface area contributed by atoms with Crippen LogP contribution in [0.1, 0.15) is 11.1 Å². The van der Waals surface area contributed by atoms with Gasteiger partial charge in [0, 0.05) is 10.0 Å². The van der Waals surface area contributed by atoms with E-state index in [4.69, 9.17) is 4.74 Å². The molecule has 0 saturated carbocycles. The zero-order valence-corrected chi connectivity index (χ0v) is 18.1. The van der Waals surface area contributed by atoms with Crippen LogP contribution in [0.2, 0.25) is 0 Å². The average Bonchev–Trinajstić information content (AvgIpc) is 2.78. The number of nitrogens with one attached hydrogen (secondary N) is 1. The van der Waals surface area contributed by atoms with Crippen LogP contribution in [0.15, 0.2) is 82.8 Å². The molecule has 1 fully saturated rings. The van der Waals surface area contributed by atoms with Crippen LogP contribution >= 0.6 is 15.9 Å². The molecule has 0 unspecified atom stereocenters. The molecule has 1 N–H and O–H groups in total. The van der Waals surface area contributed by atoms with E-state index < -0.39 is 23.7 Å². The second-order valence-corrected chi connectivity index (χ2v) is 7.71. The molecule has 0 aromatic heterocycles. The lowest BCUT2D eigenvalue weighted by atomic mass is 10.1. The molecule has 6 nitrogen and oxygen atoms in total. The first-order valence-electron chi connectivity index (χ1n) is 9.56. The average molecular weight is 495 g/mol. The summed E-state index contributed by atoms with van der Waals surface area (Å²) in [4.78, 5) is 37.9. The van der Waals surface area contributed by atoms with Crippen LogP contribution in [0.25, 0.3) is 6.08 Å². The number of rotatable bonds is 5. The van der Waals surface area contributed by atoms with Crippen molar-refractivity contribution >= 4 is 45.5 Å². The van der Waals surface area contributed by atoms with Crippen molar-refractivity contribution in [3.8, 4) is 5.75 Å². The molecular weight excluding hydrogens is 479 g/mol. The molecule has 1 aliphatic rings. The van der Waals surface area contributed by atoms with Gasteiger partial charge in [0.05, 0.1) is 5.69 Å². The summed E-state index contributed by atoms with van der Waals surface area (Å²) in [6, 6.07) is 18.8. The van der Waals surface area contributed by atoms with Gasteiger partial charge in [-0.05, 0) is 42.0 Å². The molecule has 3 aromatic carbocycles. The van der Waals surface area contributed by atoms with Crippen molar-refractivity contribution in [2.45, 2.75) is 6.61 Å². The molecule has 4 rings (SSSR count). The minimum atomic E-state index is -1.00. The predicted molar refractivity (Wildman–Crippen MR) is 120 cm³/mol. The molecular formula is C24H16BrFN2O4. The zero-order chi connectivity index (χ0) is 22.7. The first kappa shape index (κ1) is 21.5. The summed E-state index contributed by atoms with van der Waals surface area (Å²) in [6.07, 6.45) is 1.34. The number of carbonyl (C=O) groups excluding carboxylic acids is 3. The Labute approximate surface area is 191 Å². The monoisotopic (exact) mass is 494 g/mol. The predicted octanol–water partition coefficient (Wildman–Crippen LogP) is 4.83. The third-order valence-electron chi connectivity index (χ3n) is 4.74. The molecule has 1 saturated heterocycles. The number of ether oxygens (including phenoxy) is 1. The highest BCUT2D eigenvalue weighted by atomic mass is 79.9. The maximum absolute atomic E-state index is 14.1. The fourth-order valence-corrected chi connectivity index (χ4v) is 3.51. The molecule has 160 valence electrons. The van der Waals surface area contributed by atoms with E-state index >= 15 is 0 Å². The minimum absolute atomic E-state index is 0.232. The number of nitrogens with zero attached hydrogens (tertiary/aromatic N) is 1. The Hall–Kier alpha value is -3.78. The molecule has 0 aliphatic carbocycles. The molecule has 8 heteroatoms. The molecule has 0 spiro atoms. The van der Waals surface area contributed by atoms with Crippen molar-refractivity contribution in [3.63, 3.8) is 0 Å². The molecule has 0 bridgehead atoms. The number of barbiturate groups is 1. The molecule has 1 heterocycles. The number of carbonyl (C=O) groups is 3. The van der Waals surface area contributed by atoms with E-state index in [1.54, 1.807) is 24.3 Å². The lowest BCUT2D eigenvalue weighted by molar-refractivity contribution is -0.122. The number of para-hydroxylation sites is 1. The third-order valence-corrected chi connectivity index (χ3v) is 5.51. The number of urea groups is 1. The molecule has 32 heavy (non-hydrogen) atoms. The normalized spacial score (nSPS) is 15.1. The summed E-state index contributed by atoms with van der Waals surface area (Å²) in [5.74, 6) is -1.90. The van der Waals surface area contributed by atoms with Crippen LogP contribution < -0.4 is 15.0 Å². The summed E-state index contributed by atoms with van der Waals surface area (Å²) in [5.41, 5.74) is 1.01. The van der Waals surface area contributed by atoms with E-state index in [9.17, 15) is 18.8 Å². The number of amides is 4. The second kappa shape index (κ2) is 9.15. The number of benzene rings is 3. The first-order valence-corrected chi connectivity index (χ1v) is 10.4. The van der Waals surface area contributed by atoms with E-state index in [2.05, 4.69) is 21.2 Å². The topological polar surface area (TPSA) is 75.7 Å². The van der Waals surface area contributed by atoms with Crippen molar-refractivity contribution < 1.29 is 23.5 Å². The van der Waals surface area contributed by atoms with Gasteiger partial charge in [-0.3, -0.25) is 14.9 Å². The Morgan fingerprint density at radius 2 is 1.62 bits per heavy atom. The lowest BCUT2D eigenvalue weighted by Gasteiger charge is -2.26. The van der Waals surface area contributed by atoms with Gasteiger partial charge in [-0.25, -0.2) is 14.1 Å². The summed E-state index contributed by atoms with van der Waals surface area (Å²) >= 11 is 3.47. The number of halogens is 2. The van der Waals surface area contributed by atoms with Crippen molar-refractivity contribution in [3.05, 3.63) is 99.8 Å². The Kier molecular flexibility index (Phi) is 6.13. The molecule has 3 aromatic rings. The van der Waals surface area contributed by atoms with E-state index in [0.717, 1.165) is 16.1 Å². The van der Waals surface area contributed by atoms with Gasteiger partial charge < -0.3 is 4.74 Å². The van der Waals surface area contributed by atoms with Crippen molar-refractivity contribution in [1.29, 1.82) is 0 Å². The lowest BCUT2D eigenvalue weighted by Crippen LogP contribution is -2.54. The Morgan fingerprint density at radius 1 is 0.938 bits per heavy atom. The van der Waals surface area contributed by atoms with Gasteiger partial charge in [-0.15, -0.1) is 0 Å². The van der Waals surface area contributed by atoms with Crippen molar-refractivity contribution in [1.82, 2.24) is 5.32 Å². The van der Waals surface area contributed by atoms with Gasteiger partial charge in [0.15, 0.2) is 0 Å². The SMILES string of the molecule is O=C1NC(=O)N(c2ccccc2F)C(=O)/C1=C\c1ccc(OCc2ccccc2Br)cc1. The summed E-state index contributed by atoms with van der Waals surface area (Å²) < 4.78 is 20.9. The number of anilines is 1. The fourth-order valence-electron chi connectivity index (χ4n) is 3.11. The van der Waals surface area contributed by atoms with Gasteiger partial charge >= 0.3 is 6.03 Å². The molecule has 1 aliphatic heterocycles. The van der Waals surface area contributed by atoms with Gasteiger partial charge in [0.25, 0.3) is 11.8 Å². The summed E-state index contributed by atoms with van der Waals surface area (Å²) in [7, 11) is 0. The van der Waals surface area contributed by atoms with Crippen molar-refractivity contribution in [2.75, 3.05) is 4.90 Å². The van der Waals surface area contributed by atoms with E-state index in [0.29, 0.717) is 22.8 Å². The van der Waals surface area contributed by atoms with Gasteiger partial charge in [0.2, 0.25) is 0 Å². The Morgan fingerprint density at radius 3 is 2.34 bits per heavy atom. The largest absolute Gasteiger partial charge is 0.489 e. The van der Waals surface area contributed by atoms with Gasteiger partial charge in [-0.1, -0.05) is 58.4 Å². The van der Waals surface area contributed by atoms with E-state index in [1.165, 1.54) is 24.3 Å². The summed E-state index contributed by atoms with van der Waals surface area (Å²) in [6.45, 7) is 0.364. The molecule has 0 radical (unpaired) electrons. The smallest absolute Gasteiger partial charge is 0.336 e. The molecule has 4 amide bonds. The van der Waals surface area contributed by atoms with E-state index in [1.807, 2.05) is 24.3 Å². The number of imide groups is 2. The van der Waals surface area contributed by atoms with Gasteiger partial charge in [0.1, 0.15) is 23.7 Å². The van der Waals surface area contributed by atoms with Crippen LogP contribution in [-0.2, 0) is 16.2 Å². The number of hydrogen-bond acceptors (Lipinski definition) is 4. The quantitative estimate of drug-likeness (QED) is 0.407. The highest BCUT2D eigenvalue weighted by molar-refractivity contribution is 9.10. The van der Waals surface area contributed by atoms with Crippen LogP contribution in [0.3, 0.4) is 0 Å². The van der Waals surface area contributed by atoms with Crippen LogP contribution in [0.4, 0.5) is 14.9 Å². The van der Waals surface area contributed by atoms with Crippen LogP contribution in [-0.4, -0.2) is 17.8 Å². The maximum Gasteiger partial charge on any atom is 0.336 e. The number of hydrogen-bond donors (Lipinski definition) is 1. The second-order valence-electron chi connectivity index (χ2n) is 6.86. The third kappa shape index (κ3) is 4.45. The van der Waals surface area contributed by atoms with E-state index in [-0.39, 0.29) is 11.3 Å². The summed E-state index contributed by atoms with van der Waals surface area (Å²) in [5, 5.41) is 2.07. The Balaban J connectivity index is 1.54. The highest BCUT2D eigenvalue weighted by Gasteiger charge is 2.37. The van der Waals surface area contributed by atoms with Gasteiger partial charge in [-0.2, -0.15) is 0 Å². The minimum Gasteiger partial charge on any atom is -0.489 e. The fraction of sp³-hybridized carbons (Fsp3) is 0.0417. The zero-order valence-electron chi connectivity index (χ0n) is 16.5. The van der Waals surface area contributed by atoms with Crippen LogP contribution in [0.5, 0.6) is 5.75 Å². The molecule has 0 atom stereocenters.